The molecule has 3 rings (SSSR count). The van der Waals surface area contributed by atoms with Crippen LogP contribution in [0.3, 0.4) is 0 Å². The van der Waals surface area contributed by atoms with Crippen molar-refractivity contribution >= 4 is 28.7 Å². The Morgan fingerprint density at radius 2 is 1.84 bits per heavy atom. The van der Waals surface area contributed by atoms with Crippen LogP contribution in [0, 0.1) is 0 Å². The Morgan fingerprint density at radius 1 is 1.03 bits per heavy atom. The molecular weight excluding hydrogens is 398 g/mol. The number of benzene rings is 1. The van der Waals surface area contributed by atoms with E-state index < -0.39 is 6.09 Å². The van der Waals surface area contributed by atoms with E-state index in [1.165, 1.54) is 0 Å². The van der Waals surface area contributed by atoms with Gasteiger partial charge in [-0.1, -0.05) is 12.1 Å². The molecule has 162 valence electrons. The average Bonchev–Trinajstić information content (AvgIpc) is 2.78. The van der Waals surface area contributed by atoms with Crippen molar-refractivity contribution < 1.29 is 19.1 Å². The van der Waals surface area contributed by atoms with E-state index in [1.54, 1.807) is 25.7 Å². The van der Waals surface area contributed by atoms with E-state index in [1.807, 2.05) is 37.3 Å². The standard InChI is InChI=1S/C22H25N5O4/c1-3-24-21(28)27-20-12-18-17(15-6-8-23-9-7-15)5-4-16(19(18)14-25-20)13-26-22(29)31-11-10-30-2/h4-9,12,14H,3,10-11,13H2,1-2H3,(H,26,29)(H2,24,25,27,28). The van der Waals surface area contributed by atoms with Crippen LogP contribution in [0.5, 0.6) is 0 Å². The van der Waals surface area contributed by atoms with Crippen LogP contribution in [0.25, 0.3) is 21.9 Å². The van der Waals surface area contributed by atoms with Crippen molar-refractivity contribution in [1.82, 2.24) is 20.6 Å². The summed E-state index contributed by atoms with van der Waals surface area (Å²) in [6, 6.07) is 9.23. The Bertz CT molecular complexity index is 1040. The third kappa shape index (κ3) is 5.89. The molecule has 0 unspecified atom stereocenters. The van der Waals surface area contributed by atoms with Gasteiger partial charge in [0.1, 0.15) is 12.4 Å². The van der Waals surface area contributed by atoms with Gasteiger partial charge >= 0.3 is 12.1 Å². The molecule has 0 aliphatic rings. The molecule has 0 saturated carbocycles. The summed E-state index contributed by atoms with van der Waals surface area (Å²) in [5.74, 6) is 0.429. The fraction of sp³-hybridized carbons (Fsp3) is 0.273. The van der Waals surface area contributed by atoms with Gasteiger partial charge in [-0.3, -0.25) is 10.3 Å². The van der Waals surface area contributed by atoms with Gasteiger partial charge in [-0.15, -0.1) is 0 Å². The molecular formula is C22H25N5O4. The van der Waals surface area contributed by atoms with Gasteiger partial charge in [-0.25, -0.2) is 14.6 Å². The molecule has 3 aromatic rings. The SMILES string of the molecule is CCNC(=O)Nc1cc2c(-c3ccncc3)ccc(CNC(=O)OCCOC)c2cn1. The number of carbonyl (C=O) groups excluding carboxylic acids is 2. The smallest absolute Gasteiger partial charge is 0.407 e. The molecule has 31 heavy (non-hydrogen) atoms. The number of alkyl carbamates (subject to hydrolysis) is 1. The molecule has 0 saturated heterocycles. The third-order valence-corrected chi connectivity index (χ3v) is 4.51. The second kappa shape index (κ2) is 10.9. The first-order chi connectivity index (χ1) is 15.1. The number of methoxy groups -OCH3 is 1. The number of rotatable bonds is 8. The number of carbonyl (C=O) groups is 2. The van der Waals surface area contributed by atoms with Crippen molar-refractivity contribution in [2.75, 3.05) is 32.2 Å². The lowest BCUT2D eigenvalue weighted by Crippen LogP contribution is -2.28. The zero-order valence-electron chi connectivity index (χ0n) is 17.5. The monoisotopic (exact) mass is 423 g/mol. The maximum absolute atomic E-state index is 11.9. The summed E-state index contributed by atoms with van der Waals surface area (Å²) in [6.45, 7) is 3.14. The summed E-state index contributed by atoms with van der Waals surface area (Å²) in [5.41, 5.74) is 2.81. The second-order valence-electron chi connectivity index (χ2n) is 6.59. The summed E-state index contributed by atoms with van der Waals surface area (Å²) >= 11 is 0. The van der Waals surface area contributed by atoms with Crippen LogP contribution < -0.4 is 16.0 Å². The summed E-state index contributed by atoms with van der Waals surface area (Å²) in [6.07, 6.45) is 4.61. The van der Waals surface area contributed by atoms with Crippen molar-refractivity contribution in [3.05, 3.63) is 54.5 Å². The molecule has 2 heterocycles. The Hall–Kier alpha value is -3.72. The van der Waals surface area contributed by atoms with Gasteiger partial charge in [0.05, 0.1) is 6.61 Å². The number of amides is 3. The predicted octanol–water partition coefficient (Wildman–Crippen LogP) is 3.31. The summed E-state index contributed by atoms with van der Waals surface area (Å²) in [4.78, 5) is 32.2. The van der Waals surface area contributed by atoms with Crippen molar-refractivity contribution in [2.45, 2.75) is 13.5 Å². The average molecular weight is 423 g/mol. The van der Waals surface area contributed by atoms with Gasteiger partial charge in [0, 0.05) is 44.2 Å². The second-order valence-corrected chi connectivity index (χ2v) is 6.59. The number of aromatic nitrogens is 2. The topological polar surface area (TPSA) is 114 Å². The van der Waals surface area contributed by atoms with Crippen LogP contribution in [0.2, 0.25) is 0 Å². The van der Waals surface area contributed by atoms with Gasteiger partial charge in [0.25, 0.3) is 0 Å². The first kappa shape index (κ1) is 22.0. The highest BCUT2D eigenvalue weighted by Crippen LogP contribution is 2.31. The lowest BCUT2D eigenvalue weighted by atomic mass is 9.96. The van der Waals surface area contributed by atoms with Gasteiger partial charge < -0.3 is 20.1 Å². The normalized spacial score (nSPS) is 10.5. The first-order valence-electron chi connectivity index (χ1n) is 9.88. The molecule has 2 aromatic heterocycles. The summed E-state index contributed by atoms with van der Waals surface area (Å²) in [7, 11) is 1.54. The highest BCUT2D eigenvalue weighted by molar-refractivity contribution is 6.00. The highest BCUT2D eigenvalue weighted by atomic mass is 16.6. The summed E-state index contributed by atoms with van der Waals surface area (Å²) < 4.78 is 9.91. The van der Waals surface area contributed by atoms with Gasteiger partial charge in [0.15, 0.2) is 0 Å². The van der Waals surface area contributed by atoms with Crippen LogP contribution in [0.15, 0.2) is 48.9 Å². The Balaban J connectivity index is 1.92. The number of fused-ring (bicyclic) bond motifs is 1. The maximum Gasteiger partial charge on any atom is 0.407 e. The minimum atomic E-state index is -0.522. The third-order valence-electron chi connectivity index (χ3n) is 4.51. The number of pyridine rings is 2. The number of hydrogen-bond donors (Lipinski definition) is 3. The van der Waals surface area contributed by atoms with Gasteiger partial charge in [-0.2, -0.15) is 0 Å². The van der Waals surface area contributed by atoms with Crippen molar-refractivity contribution in [2.24, 2.45) is 0 Å². The van der Waals surface area contributed by atoms with E-state index in [2.05, 4.69) is 25.9 Å². The zero-order chi connectivity index (χ0) is 22.1. The predicted molar refractivity (Wildman–Crippen MR) is 118 cm³/mol. The number of nitrogens with one attached hydrogen (secondary N) is 3. The maximum atomic E-state index is 11.9. The molecule has 0 spiro atoms. The van der Waals surface area contributed by atoms with Crippen molar-refractivity contribution in [1.29, 1.82) is 0 Å². The number of nitrogens with zero attached hydrogens (tertiary/aromatic N) is 2. The lowest BCUT2D eigenvalue weighted by molar-refractivity contribution is 0.0983. The van der Waals surface area contributed by atoms with Crippen molar-refractivity contribution in [3.63, 3.8) is 0 Å². The van der Waals surface area contributed by atoms with Crippen LogP contribution in [-0.4, -0.2) is 49.0 Å². The van der Waals surface area contributed by atoms with E-state index in [0.29, 0.717) is 19.0 Å². The van der Waals surface area contributed by atoms with Gasteiger partial charge in [-0.05, 0) is 47.2 Å². The zero-order valence-corrected chi connectivity index (χ0v) is 17.5. The Labute approximate surface area is 180 Å². The molecule has 0 radical (unpaired) electrons. The summed E-state index contributed by atoms with van der Waals surface area (Å²) in [5, 5.41) is 9.90. The molecule has 0 aliphatic heterocycles. The minimum absolute atomic E-state index is 0.181. The Kier molecular flexibility index (Phi) is 7.72. The minimum Gasteiger partial charge on any atom is -0.447 e. The molecule has 9 nitrogen and oxygen atoms in total. The van der Waals surface area contributed by atoms with Crippen LogP contribution in [0.4, 0.5) is 15.4 Å². The number of ether oxygens (including phenoxy) is 2. The Morgan fingerprint density at radius 3 is 2.58 bits per heavy atom. The molecule has 0 aliphatic carbocycles. The van der Waals surface area contributed by atoms with E-state index in [-0.39, 0.29) is 19.2 Å². The molecule has 0 bridgehead atoms. The van der Waals surface area contributed by atoms with E-state index >= 15 is 0 Å². The molecule has 3 amide bonds. The number of urea groups is 1. The molecule has 0 atom stereocenters. The van der Waals surface area contributed by atoms with E-state index in [9.17, 15) is 9.59 Å². The van der Waals surface area contributed by atoms with E-state index in [0.717, 1.165) is 27.5 Å². The van der Waals surface area contributed by atoms with Crippen LogP contribution in [-0.2, 0) is 16.0 Å². The largest absolute Gasteiger partial charge is 0.447 e. The molecule has 0 fully saturated rings. The molecule has 9 heteroatoms. The first-order valence-corrected chi connectivity index (χ1v) is 9.88. The molecule has 1 aromatic carbocycles. The molecule has 3 N–H and O–H groups in total. The van der Waals surface area contributed by atoms with Crippen molar-refractivity contribution in [3.8, 4) is 11.1 Å². The quantitative estimate of drug-likeness (QED) is 0.479. The fourth-order valence-corrected chi connectivity index (χ4v) is 3.06. The van der Waals surface area contributed by atoms with Crippen LogP contribution >= 0.6 is 0 Å². The lowest BCUT2D eigenvalue weighted by Gasteiger charge is -2.14. The number of hydrogen-bond acceptors (Lipinski definition) is 6. The highest BCUT2D eigenvalue weighted by Gasteiger charge is 2.12. The number of anilines is 1. The van der Waals surface area contributed by atoms with Crippen LogP contribution in [0.1, 0.15) is 12.5 Å². The fourth-order valence-electron chi connectivity index (χ4n) is 3.06. The van der Waals surface area contributed by atoms with E-state index in [4.69, 9.17) is 9.47 Å². The van der Waals surface area contributed by atoms with Gasteiger partial charge in [0.2, 0.25) is 0 Å².